The number of ether oxygens (including phenoxy) is 1. The van der Waals surface area contributed by atoms with Gasteiger partial charge in [-0.3, -0.25) is 0 Å². The summed E-state index contributed by atoms with van der Waals surface area (Å²) in [6.45, 7) is 0. The average molecular weight is 358 g/mol. The number of nitrogens with zero attached hydrogens (tertiary/aromatic N) is 2. The van der Waals surface area contributed by atoms with E-state index in [1.807, 2.05) is 18.2 Å². The number of hydrogen-bond acceptors (Lipinski definition) is 5. The van der Waals surface area contributed by atoms with E-state index >= 15 is 0 Å². The second kappa shape index (κ2) is 6.11. The normalized spacial score (nSPS) is 10.5. The summed E-state index contributed by atoms with van der Waals surface area (Å²) in [4.78, 5) is 19.9. The zero-order chi connectivity index (χ0) is 15.5. The minimum absolute atomic E-state index is 0.358. The molecule has 0 aliphatic rings. The van der Waals surface area contributed by atoms with Crippen LogP contribution in [0.3, 0.4) is 0 Å². The largest absolute Gasteiger partial charge is 0.465 e. The Morgan fingerprint density at radius 1 is 1.14 bits per heavy atom. The van der Waals surface area contributed by atoms with Crippen LogP contribution in [-0.4, -0.2) is 23.0 Å². The van der Waals surface area contributed by atoms with Crippen molar-refractivity contribution >= 4 is 44.3 Å². The molecule has 0 radical (unpaired) electrons. The molecule has 0 atom stereocenters. The third-order valence-electron chi connectivity index (χ3n) is 3.17. The van der Waals surface area contributed by atoms with Crippen LogP contribution in [0.1, 0.15) is 10.4 Å². The number of anilines is 2. The molecule has 1 heterocycles. The lowest BCUT2D eigenvalue weighted by molar-refractivity contribution is 0.0601. The number of aromatic nitrogens is 2. The van der Waals surface area contributed by atoms with Crippen molar-refractivity contribution in [3.63, 3.8) is 0 Å². The van der Waals surface area contributed by atoms with Crippen LogP contribution in [0.4, 0.5) is 11.5 Å². The van der Waals surface area contributed by atoms with Gasteiger partial charge in [0.25, 0.3) is 0 Å². The third-order valence-corrected chi connectivity index (χ3v) is 3.66. The summed E-state index contributed by atoms with van der Waals surface area (Å²) in [6.07, 6.45) is 1.52. The van der Waals surface area contributed by atoms with Crippen LogP contribution in [0.2, 0.25) is 0 Å². The minimum Gasteiger partial charge on any atom is -0.465 e. The van der Waals surface area contributed by atoms with E-state index in [1.165, 1.54) is 13.4 Å². The first-order valence-electron chi connectivity index (χ1n) is 6.53. The average Bonchev–Trinajstić information content (AvgIpc) is 2.55. The predicted molar refractivity (Wildman–Crippen MR) is 88.3 cm³/mol. The van der Waals surface area contributed by atoms with Gasteiger partial charge < -0.3 is 10.1 Å². The molecule has 2 aromatic carbocycles. The number of nitrogens with one attached hydrogen (secondary N) is 1. The molecule has 3 aromatic rings. The number of rotatable bonds is 3. The Morgan fingerprint density at radius 3 is 2.64 bits per heavy atom. The lowest BCUT2D eigenvalue weighted by Crippen LogP contribution is -2.01. The molecule has 0 aliphatic carbocycles. The maximum absolute atomic E-state index is 11.4. The molecule has 6 heteroatoms. The van der Waals surface area contributed by atoms with Gasteiger partial charge in [0.1, 0.15) is 12.1 Å². The van der Waals surface area contributed by atoms with Crippen molar-refractivity contribution in [3.8, 4) is 0 Å². The summed E-state index contributed by atoms with van der Waals surface area (Å²) < 4.78 is 5.64. The number of esters is 1. The third kappa shape index (κ3) is 2.92. The highest BCUT2D eigenvalue weighted by Crippen LogP contribution is 2.26. The Labute approximate surface area is 135 Å². The number of carbonyl (C=O) groups is 1. The summed E-state index contributed by atoms with van der Waals surface area (Å²) in [5.41, 5.74) is 2.18. The zero-order valence-corrected chi connectivity index (χ0v) is 13.3. The molecule has 0 spiro atoms. The van der Waals surface area contributed by atoms with E-state index < -0.39 is 0 Å². The molecule has 0 amide bonds. The van der Waals surface area contributed by atoms with Gasteiger partial charge in [-0.05, 0) is 42.5 Å². The standard InChI is InChI=1S/C16H12BrN3O2/c1-22-16(21)10-2-5-12(6-3-10)20-15-13-8-11(17)4-7-14(13)18-9-19-15/h2-9H,1H3,(H,18,19,20). The van der Waals surface area contributed by atoms with E-state index in [1.54, 1.807) is 24.3 Å². The van der Waals surface area contributed by atoms with Crippen molar-refractivity contribution in [3.05, 3.63) is 58.8 Å². The molecule has 0 unspecified atom stereocenters. The fraction of sp³-hybridized carbons (Fsp3) is 0.0625. The predicted octanol–water partition coefficient (Wildman–Crippen LogP) is 3.92. The first kappa shape index (κ1) is 14.5. The van der Waals surface area contributed by atoms with E-state index in [0.717, 1.165) is 21.1 Å². The van der Waals surface area contributed by atoms with Crippen LogP contribution in [0.15, 0.2) is 53.3 Å². The van der Waals surface area contributed by atoms with Gasteiger partial charge in [-0.15, -0.1) is 0 Å². The van der Waals surface area contributed by atoms with Gasteiger partial charge in [0.05, 0.1) is 18.2 Å². The van der Waals surface area contributed by atoms with Crippen LogP contribution in [-0.2, 0) is 4.74 Å². The second-order valence-electron chi connectivity index (χ2n) is 4.58. The Balaban J connectivity index is 1.93. The van der Waals surface area contributed by atoms with Crippen molar-refractivity contribution in [1.82, 2.24) is 9.97 Å². The smallest absolute Gasteiger partial charge is 0.337 e. The number of benzene rings is 2. The van der Waals surface area contributed by atoms with E-state index in [0.29, 0.717) is 11.4 Å². The SMILES string of the molecule is COC(=O)c1ccc(Nc2ncnc3ccc(Br)cc23)cc1. The number of fused-ring (bicyclic) bond motifs is 1. The number of halogens is 1. The molecule has 22 heavy (non-hydrogen) atoms. The lowest BCUT2D eigenvalue weighted by atomic mass is 10.2. The molecule has 0 saturated heterocycles. The molecular formula is C16H12BrN3O2. The second-order valence-corrected chi connectivity index (χ2v) is 5.49. The highest BCUT2D eigenvalue weighted by molar-refractivity contribution is 9.10. The van der Waals surface area contributed by atoms with Gasteiger partial charge in [-0.1, -0.05) is 15.9 Å². The monoisotopic (exact) mass is 357 g/mol. The Kier molecular flexibility index (Phi) is 4.02. The molecule has 1 aromatic heterocycles. The van der Waals surface area contributed by atoms with Crippen LogP contribution in [0, 0.1) is 0 Å². The highest BCUT2D eigenvalue weighted by atomic mass is 79.9. The van der Waals surface area contributed by atoms with Crippen molar-refractivity contribution in [2.24, 2.45) is 0 Å². The van der Waals surface area contributed by atoms with Gasteiger partial charge >= 0.3 is 5.97 Å². The fourth-order valence-corrected chi connectivity index (χ4v) is 2.43. The van der Waals surface area contributed by atoms with Gasteiger partial charge in [-0.2, -0.15) is 0 Å². The van der Waals surface area contributed by atoms with Gasteiger partial charge in [0.15, 0.2) is 0 Å². The van der Waals surface area contributed by atoms with Crippen LogP contribution < -0.4 is 5.32 Å². The summed E-state index contributed by atoms with van der Waals surface area (Å²) in [5, 5.41) is 4.15. The zero-order valence-electron chi connectivity index (χ0n) is 11.7. The van der Waals surface area contributed by atoms with E-state index in [9.17, 15) is 4.79 Å². The van der Waals surface area contributed by atoms with Crippen LogP contribution in [0.25, 0.3) is 10.9 Å². The Bertz CT molecular complexity index is 834. The maximum atomic E-state index is 11.4. The van der Waals surface area contributed by atoms with Crippen LogP contribution >= 0.6 is 15.9 Å². The highest BCUT2D eigenvalue weighted by Gasteiger charge is 2.07. The van der Waals surface area contributed by atoms with E-state index in [4.69, 9.17) is 0 Å². The summed E-state index contributed by atoms with van der Waals surface area (Å²) in [7, 11) is 1.36. The minimum atomic E-state index is -0.358. The molecule has 3 rings (SSSR count). The molecule has 110 valence electrons. The van der Waals surface area contributed by atoms with Crippen molar-refractivity contribution < 1.29 is 9.53 Å². The molecule has 0 bridgehead atoms. The van der Waals surface area contributed by atoms with Crippen molar-refractivity contribution in [2.75, 3.05) is 12.4 Å². The molecule has 0 fully saturated rings. The summed E-state index contributed by atoms with van der Waals surface area (Å²) >= 11 is 3.45. The molecule has 0 saturated carbocycles. The Morgan fingerprint density at radius 2 is 1.91 bits per heavy atom. The molecular weight excluding hydrogens is 346 g/mol. The first-order chi connectivity index (χ1) is 10.7. The van der Waals surface area contributed by atoms with E-state index in [-0.39, 0.29) is 5.97 Å². The summed E-state index contributed by atoms with van der Waals surface area (Å²) in [6, 6.07) is 12.8. The van der Waals surface area contributed by atoms with Crippen molar-refractivity contribution in [1.29, 1.82) is 0 Å². The number of carbonyl (C=O) groups excluding carboxylic acids is 1. The topological polar surface area (TPSA) is 64.1 Å². The first-order valence-corrected chi connectivity index (χ1v) is 7.32. The summed E-state index contributed by atoms with van der Waals surface area (Å²) in [5.74, 6) is 0.347. The molecule has 0 aliphatic heterocycles. The van der Waals surface area contributed by atoms with E-state index in [2.05, 4.69) is 36.0 Å². The fourth-order valence-electron chi connectivity index (χ4n) is 2.07. The number of methoxy groups -OCH3 is 1. The van der Waals surface area contributed by atoms with Gasteiger partial charge in [0, 0.05) is 15.5 Å². The molecule has 1 N–H and O–H groups in total. The Hall–Kier alpha value is -2.47. The molecule has 5 nitrogen and oxygen atoms in total. The van der Waals surface area contributed by atoms with Crippen molar-refractivity contribution in [2.45, 2.75) is 0 Å². The van der Waals surface area contributed by atoms with Gasteiger partial charge in [0.2, 0.25) is 0 Å². The quantitative estimate of drug-likeness (QED) is 0.719. The maximum Gasteiger partial charge on any atom is 0.337 e. The van der Waals surface area contributed by atoms with Crippen LogP contribution in [0.5, 0.6) is 0 Å². The number of hydrogen-bond donors (Lipinski definition) is 1. The lowest BCUT2D eigenvalue weighted by Gasteiger charge is -2.09. The van der Waals surface area contributed by atoms with Gasteiger partial charge in [-0.25, -0.2) is 14.8 Å².